The molecule has 6 heteroatoms. The SMILES string of the molecule is ClCCCCCNc1ncnc2nc[nH]c12. The molecule has 0 unspecified atom stereocenters. The zero-order valence-corrected chi connectivity index (χ0v) is 9.67. The van der Waals surface area contributed by atoms with Gasteiger partial charge in [0.1, 0.15) is 11.8 Å². The van der Waals surface area contributed by atoms with Crippen LogP contribution < -0.4 is 5.32 Å². The average molecular weight is 240 g/mol. The molecular weight excluding hydrogens is 226 g/mol. The molecule has 0 radical (unpaired) electrons. The molecule has 0 saturated heterocycles. The maximum Gasteiger partial charge on any atom is 0.182 e. The molecule has 0 atom stereocenters. The summed E-state index contributed by atoms with van der Waals surface area (Å²) in [6.45, 7) is 0.891. The van der Waals surface area contributed by atoms with Crippen molar-refractivity contribution in [3.05, 3.63) is 12.7 Å². The van der Waals surface area contributed by atoms with Crippen molar-refractivity contribution in [2.45, 2.75) is 19.3 Å². The van der Waals surface area contributed by atoms with E-state index < -0.39 is 0 Å². The third-order valence-corrected chi connectivity index (χ3v) is 2.59. The van der Waals surface area contributed by atoms with E-state index in [-0.39, 0.29) is 0 Å². The van der Waals surface area contributed by atoms with E-state index in [4.69, 9.17) is 11.6 Å². The van der Waals surface area contributed by atoms with Crippen LogP contribution in [-0.2, 0) is 0 Å². The summed E-state index contributed by atoms with van der Waals surface area (Å²) >= 11 is 5.61. The molecule has 0 fully saturated rings. The monoisotopic (exact) mass is 239 g/mol. The van der Waals surface area contributed by atoms with E-state index in [1.807, 2.05) is 0 Å². The first-order valence-corrected chi connectivity index (χ1v) is 5.89. The second-order valence-corrected chi connectivity index (χ2v) is 3.88. The highest BCUT2D eigenvalue weighted by Crippen LogP contribution is 2.14. The van der Waals surface area contributed by atoms with E-state index in [2.05, 4.69) is 25.3 Å². The summed E-state index contributed by atoms with van der Waals surface area (Å²) in [6.07, 6.45) is 6.43. The Morgan fingerprint density at radius 1 is 1.19 bits per heavy atom. The Morgan fingerprint density at radius 2 is 2.12 bits per heavy atom. The van der Waals surface area contributed by atoms with Crippen LogP contribution in [0.3, 0.4) is 0 Å². The van der Waals surface area contributed by atoms with Crippen LogP contribution in [0.15, 0.2) is 12.7 Å². The largest absolute Gasteiger partial charge is 0.368 e. The highest BCUT2D eigenvalue weighted by atomic mass is 35.5. The number of rotatable bonds is 6. The molecule has 16 heavy (non-hydrogen) atoms. The van der Waals surface area contributed by atoms with Crippen molar-refractivity contribution in [1.29, 1.82) is 0 Å². The first kappa shape index (κ1) is 11.1. The number of fused-ring (bicyclic) bond motifs is 1. The molecular formula is C10H14ClN5. The second kappa shape index (κ2) is 5.65. The molecule has 0 aliphatic heterocycles. The van der Waals surface area contributed by atoms with Crippen LogP contribution in [0, 0.1) is 0 Å². The predicted octanol–water partition coefficient (Wildman–Crippen LogP) is 2.17. The number of nitrogens with zero attached hydrogens (tertiary/aromatic N) is 3. The Morgan fingerprint density at radius 3 is 3.00 bits per heavy atom. The molecule has 0 saturated carbocycles. The van der Waals surface area contributed by atoms with E-state index in [0.717, 1.165) is 43.0 Å². The first-order valence-electron chi connectivity index (χ1n) is 5.35. The molecule has 2 N–H and O–H groups in total. The summed E-state index contributed by atoms with van der Waals surface area (Å²) in [7, 11) is 0. The van der Waals surface area contributed by atoms with Gasteiger partial charge in [-0.25, -0.2) is 15.0 Å². The summed E-state index contributed by atoms with van der Waals surface area (Å²) in [5.74, 6) is 1.55. The van der Waals surface area contributed by atoms with Crippen molar-refractivity contribution in [2.24, 2.45) is 0 Å². The number of halogens is 1. The number of H-pyrrole nitrogens is 1. The van der Waals surface area contributed by atoms with Gasteiger partial charge in [0.25, 0.3) is 0 Å². The highest BCUT2D eigenvalue weighted by molar-refractivity contribution is 6.17. The molecule has 2 aromatic heterocycles. The molecule has 0 amide bonds. The van der Waals surface area contributed by atoms with Gasteiger partial charge in [-0.15, -0.1) is 11.6 Å². The van der Waals surface area contributed by atoms with Crippen molar-refractivity contribution in [3.63, 3.8) is 0 Å². The van der Waals surface area contributed by atoms with Gasteiger partial charge in [0.2, 0.25) is 0 Å². The highest BCUT2D eigenvalue weighted by Gasteiger charge is 2.03. The summed E-state index contributed by atoms with van der Waals surface area (Å²) in [4.78, 5) is 15.3. The molecule has 86 valence electrons. The lowest BCUT2D eigenvalue weighted by molar-refractivity contribution is 0.746. The van der Waals surface area contributed by atoms with Crippen molar-refractivity contribution in [2.75, 3.05) is 17.7 Å². The molecule has 5 nitrogen and oxygen atoms in total. The molecule has 0 aliphatic carbocycles. The van der Waals surface area contributed by atoms with Crippen molar-refractivity contribution in [3.8, 4) is 0 Å². The van der Waals surface area contributed by atoms with Gasteiger partial charge in [0.15, 0.2) is 11.5 Å². The van der Waals surface area contributed by atoms with Gasteiger partial charge in [-0.2, -0.15) is 0 Å². The smallest absolute Gasteiger partial charge is 0.182 e. The summed E-state index contributed by atoms with van der Waals surface area (Å²) in [5.41, 5.74) is 1.55. The lowest BCUT2D eigenvalue weighted by Gasteiger charge is -2.04. The van der Waals surface area contributed by atoms with Crippen LogP contribution in [0.4, 0.5) is 5.82 Å². The first-order chi connectivity index (χ1) is 7.92. The van der Waals surface area contributed by atoms with E-state index in [0.29, 0.717) is 5.65 Å². The van der Waals surface area contributed by atoms with Crippen LogP contribution in [0.1, 0.15) is 19.3 Å². The quantitative estimate of drug-likeness (QED) is 0.599. The predicted molar refractivity (Wildman–Crippen MR) is 64.7 cm³/mol. The number of alkyl halides is 1. The molecule has 0 aromatic carbocycles. The Hall–Kier alpha value is -1.36. The second-order valence-electron chi connectivity index (χ2n) is 3.50. The third-order valence-electron chi connectivity index (χ3n) is 2.33. The molecule has 0 aliphatic rings. The molecule has 2 aromatic rings. The number of hydrogen-bond donors (Lipinski definition) is 2. The normalized spacial score (nSPS) is 10.8. The Kier molecular flexibility index (Phi) is 3.93. The lowest BCUT2D eigenvalue weighted by atomic mass is 10.2. The average Bonchev–Trinajstić information content (AvgIpc) is 2.77. The van der Waals surface area contributed by atoms with Crippen LogP contribution in [0.5, 0.6) is 0 Å². The molecule has 0 bridgehead atoms. The Labute approximate surface area is 98.7 Å². The molecule has 0 spiro atoms. The minimum Gasteiger partial charge on any atom is -0.368 e. The van der Waals surface area contributed by atoms with Crippen LogP contribution in [-0.4, -0.2) is 32.4 Å². The van der Waals surface area contributed by atoms with Gasteiger partial charge < -0.3 is 10.3 Å². The van der Waals surface area contributed by atoms with E-state index >= 15 is 0 Å². The summed E-state index contributed by atoms with van der Waals surface area (Å²) < 4.78 is 0. The van der Waals surface area contributed by atoms with E-state index in [9.17, 15) is 0 Å². The number of aromatic amines is 1. The van der Waals surface area contributed by atoms with Gasteiger partial charge in [-0.1, -0.05) is 6.42 Å². The molecule has 2 rings (SSSR count). The van der Waals surface area contributed by atoms with Gasteiger partial charge >= 0.3 is 0 Å². The Bertz CT molecular complexity index is 441. The number of anilines is 1. The maximum atomic E-state index is 5.61. The van der Waals surface area contributed by atoms with Gasteiger partial charge in [-0.3, -0.25) is 0 Å². The van der Waals surface area contributed by atoms with E-state index in [1.165, 1.54) is 6.33 Å². The Balaban J connectivity index is 1.91. The standard InChI is InChI=1S/C10H14ClN5/c11-4-2-1-3-5-12-9-8-10(14-6-13-8)16-7-15-9/h6-7H,1-5H2,(H2,12,13,14,15,16). The van der Waals surface area contributed by atoms with Crippen LogP contribution in [0.25, 0.3) is 11.2 Å². The zero-order valence-electron chi connectivity index (χ0n) is 8.91. The summed E-state index contributed by atoms with van der Waals surface area (Å²) in [5, 5.41) is 3.27. The number of unbranched alkanes of at least 4 members (excludes halogenated alkanes) is 2. The fraction of sp³-hybridized carbons (Fsp3) is 0.500. The minimum absolute atomic E-state index is 0.693. The van der Waals surface area contributed by atoms with Crippen molar-refractivity contribution < 1.29 is 0 Å². The van der Waals surface area contributed by atoms with Crippen LogP contribution >= 0.6 is 11.6 Å². The number of hydrogen-bond acceptors (Lipinski definition) is 4. The summed E-state index contributed by atoms with van der Waals surface area (Å²) in [6, 6.07) is 0. The maximum absolute atomic E-state index is 5.61. The fourth-order valence-corrected chi connectivity index (χ4v) is 1.69. The van der Waals surface area contributed by atoms with Gasteiger partial charge in [0.05, 0.1) is 6.33 Å². The molecule has 2 heterocycles. The van der Waals surface area contributed by atoms with Crippen molar-refractivity contribution >= 4 is 28.6 Å². The number of aromatic nitrogens is 4. The van der Waals surface area contributed by atoms with Gasteiger partial charge in [0, 0.05) is 12.4 Å². The number of imidazole rings is 1. The third kappa shape index (κ3) is 2.61. The van der Waals surface area contributed by atoms with E-state index in [1.54, 1.807) is 6.33 Å². The lowest BCUT2D eigenvalue weighted by Crippen LogP contribution is -2.04. The fourth-order valence-electron chi connectivity index (χ4n) is 1.50. The topological polar surface area (TPSA) is 66.5 Å². The number of nitrogens with one attached hydrogen (secondary N) is 2. The zero-order chi connectivity index (χ0) is 11.2. The van der Waals surface area contributed by atoms with Gasteiger partial charge in [-0.05, 0) is 12.8 Å². The van der Waals surface area contributed by atoms with Crippen LogP contribution in [0.2, 0.25) is 0 Å². The van der Waals surface area contributed by atoms with Crippen molar-refractivity contribution in [1.82, 2.24) is 19.9 Å². The minimum atomic E-state index is 0.693.